The minimum absolute atomic E-state index is 0.404. The van der Waals surface area contributed by atoms with Crippen molar-refractivity contribution in [2.45, 2.75) is 25.8 Å². The molecule has 2 atom stereocenters. The molecule has 5 nitrogen and oxygen atoms in total. The topological polar surface area (TPSA) is 37.3 Å². The van der Waals surface area contributed by atoms with E-state index in [1.165, 1.54) is 17.1 Å². The summed E-state index contributed by atoms with van der Waals surface area (Å²) in [7, 11) is 0. The second kappa shape index (κ2) is 7.58. The normalized spacial score (nSPS) is 26.6. The van der Waals surface area contributed by atoms with Crippen molar-refractivity contribution in [3.05, 3.63) is 36.2 Å². The molecule has 2 fully saturated rings. The first-order valence-electron chi connectivity index (χ1n) is 9.33. The summed E-state index contributed by atoms with van der Waals surface area (Å²) in [6.07, 6.45) is 6.16. The lowest BCUT2D eigenvalue weighted by atomic mass is 10.0. The van der Waals surface area contributed by atoms with E-state index in [4.69, 9.17) is 9.47 Å². The SMILES string of the molecule is CC1C=NC=C(N(c2ccc(N3CCOCC3)cc2)[C@@H]2CCOC2)C1. The first-order valence-corrected chi connectivity index (χ1v) is 9.33. The summed E-state index contributed by atoms with van der Waals surface area (Å²) >= 11 is 0. The smallest absolute Gasteiger partial charge is 0.0674 e. The van der Waals surface area contributed by atoms with Crippen LogP contribution in [0, 0.1) is 5.92 Å². The van der Waals surface area contributed by atoms with Crippen LogP contribution in [0.25, 0.3) is 0 Å². The summed E-state index contributed by atoms with van der Waals surface area (Å²) in [4.78, 5) is 9.30. The highest BCUT2D eigenvalue weighted by atomic mass is 16.5. The maximum atomic E-state index is 5.67. The molecule has 3 heterocycles. The van der Waals surface area contributed by atoms with Crippen LogP contribution in [0.15, 0.2) is 41.2 Å². The Morgan fingerprint density at radius 3 is 2.56 bits per heavy atom. The summed E-state index contributed by atoms with van der Waals surface area (Å²) in [5, 5.41) is 0. The summed E-state index contributed by atoms with van der Waals surface area (Å²) in [5.41, 5.74) is 3.81. The zero-order valence-electron chi connectivity index (χ0n) is 14.9. The summed E-state index contributed by atoms with van der Waals surface area (Å²) < 4.78 is 11.1. The predicted molar refractivity (Wildman–Crippen MR) is 102 cm³/mol. The molecule has 1 aromatic rings. The highest BCUT2D eigenvalue weighted by molar-refractivity contribution is 5.66. The van der Waals surface area contributed by atoms with Gasteiger partial charge in [0.15, 0.2) is 0 Å². The maximum absolute atomic E-state index is 5.67. The largest absolute Gasteiger partial charge is 0.379 e. The molecule has 0 N–H and O–H groups in total. The second-order valence-corrected chi connectivity index (χ2v) is 7.10. The molecule has 0 radical (unpaired) electrons. The lowest BCUT2D eigenvalue weighted by Gasteiger charge is -2.35. The third-order valence-electron chi connectivity index (χ3n) is 5.18. The van der Waals surface area contributed by atoms with Gasteiger partial charge in [-0.3, -0.25) is 4.99 Å². The summed E-state index contributed by atoms with van der Waals surface area (Å²) in [6.45, 7) is 7.43. The molecule has 2 saturated heterocycles. The number of benzene rings is 1. The Bertz CT molecular complexity index is 629. The van der Waals surface area contributed by atoms with Crippen molar-refractivity contribution in [1.29, 1.82) is 0 Å². The quantitative estimate of drug-likeness (QED) is 0.843. The molecule has 0 aliphatic carbocycles. The van der Waals surface area contributed by atoms with Crippen molar-refractivity contribution in [1.82, 2.24) is 0 Å². The van der Waals surface area contributed by atoms with E-state index < -0.39 is 0 Å². The lowest BCUT2D eigenvalue weighted by molar-refractivity contribution is 0.122. The van der Waals surface area contributed by atoms with Gasteiger partial charge < -0.3 is 19.3 Å². The molecule has 1 unspecified atom stereocenters. The monoisotopic (exact) mass is 341 g/mol. The van der Waals surface area contributed by atoms with Gasteiger partial charge in [0, 0.05) is 49.2 Å². The number of ether oxygens (including phenoxy) is 2. The van der Waals surface area contributed by atoms with Gasteiger partial charge in [-0.25, -0.2) is 0 Å². The van der Waals surface area contributed by atoms with E-state index in [0.717, 1.165) is 52.4 Å². The minimum Gasteiger partial charge on any atom is -0.379 e. The van der Waals surface area contributed by atoms with Gasteiger partial charge >= 0.3 is 0 Å². The van der Waals surface area contributed by atoms with Gasteiger partial charge in [0.25, 0.3) is 0 Å². The van der Waals surface area contributed by atoms with Gasteiger partial charge in [-0.2, -0.15) is 0 Å². The Balaban J connectivity index is 1.58. The van der Waals surface area contributed by atoms with Crippen molar-refractivity contribution in [2.75, 3.05) is 49.3 Å². The Morgan fingerprint density at radius 1 is 1.08 bits per heavy atom. The number of allylic oxidation sites excluding steroid dienone is 1. The van der Waals surface area contributed by atoms with Crippen LogP contribution in [0.2, 0.25) is 0 Å². The molecule has 3 aliphatic heterocycles. The van der Waals surface area contributed by atoms with Crippen molar-refractivity contribution in [2.24, 2.45) is 10.9 Å². The highest BCUT2D eigenvalue weighted by Gasteiger charge is 2.28. The average Bonchev–Trinajstić information content (AvgIpc) is 3.18. The Morgan fingerprint density at radius 2 is 1.88 bits per heavy atom. The number of morpholine rings is 1. The van der Waals surface area contributed by atoms with Crippen molar-refractivity contribution in [3.63, 3.8) is 0 Å². The molecule has 134 valence electrons. The van der Waals surface area contributed by atoms with Crippen LogP contribution in [-0.2, 0) is 9.47 Å². The van der Waals surface area contributed by atoms with Crippen LogP contribution >= 0.6 is 0 Å². The van der Waals surface area contributed by atoms with Gasteiger partial charge in [0.05, 0.1) is 25.9 Å². The third-order valence-corrected chi connectivity index (χ3v) is 5.18. The highest BCUT2D eigenvalue weighted by Crippen LogP contribution is 2.32. The zero-order chi connectivity index (χ0) is 17.1. The van der Waals surface area contributed by atoms with E-state index >= 15 is 0 Å². The first-order chi connectivity index (χ1) is 12.3. The first kappa shape index (κ1) is 16.6. The second-order valence-electron chi connectivity index (χ2n) is 7.10. The van der Waals surface area contributed by atoms with Crippen LogP contribution in [0.1, 0.15) is 19.8 Å². The fourth-order valence-corrected chi connectivity index (χ4v) is 3.85. The fourth-order valence-electron chi connectivity index (χ4n) is 3.85. The molecule has 0 bridgehead atoms. The van der Waals surface area contributed by atoms with Gasteiger partial charge in [-0.05, 0) is 43.0 Å². The number of nitrogens with zero attached hydrogens (tertiary/aromatic N) is 3. The van der Waals surface area contributed by atoms with Crippen molar-refractivity contribution >= 4 is 17.6 Å². The number of aliphatic imine (C=N–C) groups is 1. The van der Waals surface area contributed by atoms with E-state index in [9.17, 15) is 0 Å². The van der Waals surface area contributed by atoms with Gasteiger partial charge in [-0.15, -0.1) is 0 Å². The fraction of sp³-hybridized carbons (Fsp3) is 0.550. The van der Waals surface area contributed by atoms with Crippen LogP contribution in [0.4, 0.5) is 11.4 Å². The molecule has 0 saturated carbocycles. The predicted octanol–water partition coefficient (Wildman–Crippen LogP) is 3.07. The summed E-state index contributed by atoms with van der Waals surface area (Å²) in [6, 6.07) is 9.36. The van der Waals surface area contributed by atoms with Crippen LogP contribution in [0.5, 0.6) is 0 Å². The van der Waals surface area contributed by atoms with Gasteiger partial charge in [-0.1, -0.05) is 6.92 Å². The molecule has 0 spiro atoms. The molecule has 3 aliphatic rings. The Kier molecular flexibility index (Phi) is 5.04. The Hall–Kier alpha value is -1.85. The van der Waals surface area contributed by atoms with E-state index in [0.29, 0.717) is 12.0 Å². The van der Waals surface area contributed by atoms with E-state index in [1.807, 2.05) is 12.4 Å². The zero-order valence-corrected chi connectivity index (χ0v) is 14.9. The van der Waals surface area contributed by atoms with Crippen LogP contribution < -0.4 is 9.80 Å². The average molecular weight is 341 g/mol. The molecular formula is C20H27N3O2. The number of hydrogen-bond donors (Lipinski definition) is 0. The maximum Gasteiger partial charge on any atom is 0.0674 e. The number of rotatable bonds is 4. The van der Waals surface area contributed by atoms with Crippen molar-refractivity contribution < 1.29 is 9.47 Å². The molecular weight excluding hydrogens is 314 g/mol. The Labute approximate surface area is 149 Å². The molecule has 4 rings (SSSR count). The van der Waals surface area contributed by atoms with E-state index in [-0.39, 0.29) is 0 Å². The van der Waals surface area contributed by atoms with Gasteiger partial charge in [0.2, 0.25) is 0 Å². The van der Waals surface area contributed by atoms with E-state index in [2.05, 4.69) is 46.0 Å². The van der Waals surface area contributed by atoms with Crippen LogP contribution in [0.3, 0.4) is 0 Å². The molecule has 0 aromatic heterocycles. The minimum atomic E-state index is 0.404. The summed E-state index contributed by atoms with van der Waals surface area (Å²) in [5.74, 6) is 0.484. The molecule has 5 heteroatoms. The number of hydrogen-bond acceptors (Lipinski definition) is 5. The standard InChI is InChI=1S/C20H27N3O2/c1-16-12-20(14-21-13-16)23(19-6-9-25-15-19)18-4-2-17(3-5-18)22-7-10-24-11-8-22/h2-5,13-14,16,19H,6-12,15H2,1H3/t16?,19-/m1/s1. The lowest BCUT2D eigenvalue weighted by Crippen LogP contribution is -2.37. The van der Waals surface area contributed by atoms with Crippen molar-refractivity contribution in [3.8, 4) is 0 Å². The molecule has 0 amide bonds. The number of anilines is 2. The molecule has 25 heavy (non-hydrogen) atoms. The van der Waals surface area contributed by atoms with Crippen LogP contribution in [-0.4, -0.2) is 51.8 Å². The third kappa shape index (κ3) is 3.72. The van der Waals surface area contributed by atoms with E-state index in [1.54, 1.807) is 0 Å². The molecule has 1 aromatic carbocycles. The van der Waals surface area contributed by atoms with Gasteiger partial charge in [0.1, 0.15) is 0 Å².